The van der Waals surface area contributed by atoms with Gasteiger partial charge in [-0.25, -0.2) is 0 Å². The third-order valence-corrected chi connectivity index (χ3v) is 3.83. The van der Waals surface area contributed by atoms with Crippen LogP contribution in [0.15, 0.2) is 6.07 Å². The number of ether oxygens (including phenoxy) is 2. The molecule has 0 aliphatic carbocycles. The Bertz CT molecular complexity index is 520. The van der Waals surface area contributed by atoms with Crippen LogP contribution in [0.2, 0.25) is 5.02 Å². The largest absolute Gasteiger partial charge is 0.496 e. The molecule has 1 aromatic rings. The number of fused-ring (bicyclic) bond motifs is 1. The topological polar surface area (TPSA) is 73.6 Å². The molecular weight excluding hydrogens is 280 g/mol. The van der Waals surface area contributed by atoms with Gasteiger partial charge in [-0.3, -0.25) is 4.79 Å². The quantitative estimate of drug-likeness (QED) is 0.874. The summed E-state index contributed by atoms with van der Waals surface area (Å²) in [4.78, 5) is 12.2. The fourth-order valence-electron chi connectivity index (χ4n) is 2.53. The van der Waals surface area contributed by atoms with Crippen molar-refractivity contribution in [2.75, 3.05) is 26.1 Å². The number of amides is 1. The lowest BCUT2D eigenvalue weighted by Gasteiger charge is -2.28. The molecule has 0 radical (unpaired) electrons. The van der Waals surface area contributed by atoms with Crippen LogP contribution in [-0.2, 0) is 11.2 Å². The normalized spacial score (nSPS) is 17.4. The Balaban J connectivity index is 2.41. The molecule has 1 aliphatic rings. The van der Waals surface area contributed by atoms with Crippen molar-refractivity contribution in [1.29, 1.82) is 0 Å². The second kappa shape index (κ2) is 6.33. The van der Waals surface area contributed by atoms with Gasteiger partial charge in [0.05, 0.1) is 24.9 Å². The van der Waals surface area contributed by atoms with Gasteiger partial charge >= 0.3 is 0 Å². The van der Waals surface area contributed by atoms with Gasteiger partial charge in [0.1, 0.15) is 5.75 Å². The lowest BCUT2D eigenvalue weighted by molar-refractivity contribution is -0.120. The molecule has 0 bridgehead atoms. The summed E-state index contributed by atoms with van der Waals surface area (Å²) in [6.45, 7) is 0.581. The summed E-state index contributed by atoms with van der Waals surface area (Å²) in [7, 11) is 3.12. The van der Waals surface area contributed by atoms with Crippen molar-refractivity contribution in [3.05, 3.63) is 16.7 Å². The van der Waals surface area contributed by atoms with Crippen molar-refractivity contribution in [3.8, 4) is 11.5 Å². The summed E-state index contributed by atoms with van der Waals surface area (Å²) in [5.41, 5.74) is 7.06. The Labute approximate surface area is 123 Å². The maximum atomic E-state index is 12.2. The predicted octanol–water partition coefficient (Wildman–Crippen LogP) is 2.21. The van der Waals surface area contributed by atoms with E-state index in [9.17, 15) is 4.79 Å². The van der Waals surface area contributed by atoms with Crippen molar-refractivity contribution in [1.82, 2.24) is 0 Å². The standard InChI is InChI=1S/C14H19ClN2O3/c1-19-11-7-10(15)13(20-2)12-9(11)6-8(4-3-5-16)14(18)17-12/h7-8H,3-6,16H2,1-2H3,(H,17,18). The van der Waals surface area contributed by atoms with E-state index in [2.05, 4.69) is 5.32 Å². The highest BCUT2D eigenvalue weighted by Crippen LogP contribution is 2.45. The maximum Gasteiger partial charge on any atom is 0.227 e. The Morgan fingerprint density at radius 2 is 2.20 bits per heavy atom. The van der Waals surface area contributed by atoms with Gasteiger partial charge in [-0.1, -0.05) is 11.6 Å². The molecule has 0 fully saturated rings. The van der Waals surface area contributed by atoms with Crippen LogP contribution in [0.3, 0.4) is 0 Å². The summed E-state index contributed by atoms with van der Waals surface area (Å²) in [5, 5.41) is 3.30. The van der Waals surface area contributed by atoms with Crippen LogP contribution in [0.25, 0.3) is 0 Å². The number of hydrogen-bond acceptors (Lipinski definition) is 4. The van der Waals surface area contributed by atoms with Gasteiger partial charge in [0.15, 0.2) is 5.75 Å². The Morgan fingerprint density at radius 3 is 2.80 bits per heavy atom. The molecule has 3 N–H and O–H groups in total. The molecule has 1 amide bonds. The van der Waals surface area contributed by atoms with Gasteiger partial charge in [-0.15, -0.1) is 0 Å². The number of nitrogens with two attached hydrogens (primary N) is 1. The molecule has 0 aromatic heterocycles. The predicted molar refractivity (Wildman–Crippen MR) is 78.7 cm³/mol. The summed E-state index contributed by atoms with van der Waals surface area (Å²) in [6, 6.07) is 1.72. The van der Waals surface area contributed by atoms with Crippen LogP contribution in [0, 0.1) is 5.92 Å². The molecule has 1 heterocycles. The number of methoxy groups -OCH3 is 2. The molecule has 110 valence electrons. The first kappa shape index (κ1) is 14.9. The van der Waals surface area contributed by atoms with E-state index < -0.39 is 0 Å². The minimum atomic E-state index is -0.0918. The molecule has 2 rings (SSSR count). The van der Waals surface area contributed by atoms with E-state index in [1.165, 1.54) is 7.11 Å². The van der Waals surface area contributed by atoms with E-state index in [1.807, 2.05) is 0 Å². The monoisotopic (exact) mass is 298 g/mol. The number of carbonyl (C=O) groups is 1. The van der Waals surface area contributed by atoms with E-state index in [-0.39, 0.29) is 11.8 Å². The van der Waals surface area contributed by atoms with Gasteiger partial charge in [-0.05, 0) is 25.8 Å². The van der Waals surface area contributed by atoms with Gasteiger partial charge in [0, 0.05) is 17.5 Å². The first-order chi connectivity index (χ1) is 9.62. The van der Waals surface area contributed by atoms with Crippen molar-refractivity contribution >= 4 is 23.2 Å². The highest BCUT2D eigenvalue weighted by atomic mass is 35.5. The second-order valence-corrected chi connectivity index (χ2v) is 5.18. The van der Waals surface area contributed by atoms with Gasteiger partial charge in [0.25, 0.3) is 0 Å². The van der Waals surface area contributed by atoms with E-state index in [0.29, 0.717) is 35.2 Å². The SMILES string of the molecule is COc1cc(Cl)c(OC)c2c1CC(CCCN)C(=O)N2. The van der Waals surface area contributed by atoms with Crippen molar-refractivity contribution in [2.24, 2.45) is 11.7 Å². The van der Waals surface area contributed by atoms with Crippen LogP contribution < -0.4 is 20.5 Å². The van der Waals surface area contributed by atoms with Gasteiger partial charge in [0.2, 0.25) is 5.91 Å². The summed E-state index contributed by atoms with van der Waals surface area (Å²) < 4.78 is 10.7. The maximum absolute atomic E-state index is 12.2. The molecule has 20 heavy (non-hydrogen) atoms. The van der Waals surface area contributed by atoms with Gasteiger partial charge < -0.3 is 20.5 Å². The molecule has 0 saturated heterocycles. The third kappa shape index (κ3) is 2.69. The fraction of sp³-hybridized carbons (Fsp3) is 0.500. The van der Waals surface area contributed by atoms with E-state index in [4.69, 9.17) is 26.8 Å². The molecule has 1 unspecified atom stereocenters. The Kier molecular flexibility index (Phi) is 4.73. The van der Waals surface area contributed by atoms with Crippen LogP contribution >= 0.6 is 11.6 Å². The number of benzene rings is 1. The molecule has 1 aliphatic heterocycles. The fourth-order valence-corrected chi connectivity index (χ4v) is 2.80. The molecule has 1 atom stereocenters. The molecule has 0 spiro atoms. The second-order valence-electron chi connectivity index (χ2n) is 4.77. The minimum absolute atomic E-state index is 0.0198. The molecule has 6 heteroatoms. The zero-order chi connectivity index (χ0) is 14.7. The number of rotatable bonds is 5. The van der Waals surface area contributed by atoms with Gasteiger partial charge in [-0.2, -0.15) is 0 Å². The summed E-state index contributed by atoms with van der Waals surface area (Å²) in [6.07, 6.45) is 2.19. The van der Waals surface area contributed by atoms with Crippen LogP contribution in [0.5, 0.6) is 11.5 Å². The Hall–Kier alpha value is -1.46. The number of anilines is 1. The summed E-state index contributed by atoms with van der Waals surface area (Å²) >= 11 is 6.14. The third-order valence-electron chi connectivity index (χ3n) is 3.55. The first-order valence-electron chi connectivity index (χ1n) is 6.56. The highest BCUT2D eigenvalue weighted by Gasteiger charge is 2.31. The average Bonchev–Trinajstić information content (AvgIpc) is 2.44. The average molecular weight is 299 g/mol. The lowest BCUT2D eigenvalue weighted by Crippen LogP contribution is -2.31. The van der Waals surface area contributed by atoms with E-state index >= 15 is 0 Å². The first-order valence-corrected chi connectivity index (χ1v) is 6.94. The minimum Gasteiger partial charge on any atom is -0.496 e. The number of hydrogen-bond donors (Lipinski definition) is 2. The highest BCUT2D eigenvalue weighted by molar-refractivity contribution is 6.33. The van der Waals surface area contributed by atoms with Crippen LogP contribution in [0.4, 0.5) is 5.69 Å². The molecule has 5 nitrogen and oxygen atoms in total. The molecule has 0 saturated carbocycles. The van der Waals surface area contributed by atoms with E-state index in [0.717, 1.165) is 18.4 Å². The molecule has 1 aromatic carbocycles. The number of nitrogens with one attached hydrogen (secondary N) is 1. The van der Waals surface area contributed by atoms with Crippen molar-refractivity contribution in [2.45, 2.75) is 19.3 Å². The smallest absolute Gasteiger partial charge is 0.227 e. The van der Waals surface area contributed by atoms with Crippen LogP contribution in [0.1, 0.15) is 18.4 Å². The van der Waals surface area contributed by atoms with Crippen molar-refractivity contribution in [3.63, 3.8) is 0 Å². The summed E-state index contributed by atoms with van der Waals surface area (Å²) in [5.74, 6) is 1.04. The molecular formula is C14H19ClN2O3. The lowest BCUT2D eigenvalue weighted by atomic mass is 9.89. The van der Waals surface area contributed by atoms with E-state index in [1.54, 1.807) is 13.2 Å². The number of carbonyl (C=O) groups excluding carboxylic acids is 1. The zero-order valence-electron chi connectivity index (χ0n) is 11.7. The number of halogens is 1. The zero-order valence-corrected chi connectivity index (χ0v) is 12.4. The van der Waals surface area contributed by atoms with Crippen LogP contribution in [-0.4, -0.2) is 26.7 Å². The van der Waals surface area contributed by atoms with Crippen molar-refractivity contribution < 1.29 is 14.3 Å². The Morgan fingerprint density at radius 1 is 1.45 bits per heavy atom.